The van der Waals surface area contributed by atoms with E-state index in [0.717, 1.165) is 19.4 Å². The Kier molecular flexibility index (Phi) is 6.25. The zero-order chi connectivity index (χ0) is 18.4. The Bertz CT molecular complexity index is 735. The van der Waals surface area contributed by atoms with Gasteiger partial charge in [-0.25, -0.2) is 9.38 Å². The van der Waals surface area contributed by atoms with Crippen LogP contribution in [-0.4, -0.2) is 55.8 Å². The fraction of sp³-hybridized carbons (Fsp3) is 0.389. The minimum atomic E-state index is -0.813. The monoisotopic (exact) mass is 343 g/mol. The van der Waals surface area contributed by atoms with Gasteiger partial charge in [0.15, 0.2) is 5.83 Å². The lowest BCUT2D eigenvalue weighted by Gasteiger charge is -2.15. The van der Waals surface area contributed by atoms with Crippen molar-refractivity contribution < 1.29 is 9.18 Å². The molecule has 1 aromatic carbocycles. The summed E-state index contributed by atoms with van der Waals surface area (Å²) in [6, 6.07) is 6.66. The summed E-state index contributed by atoms with van der Waals surface area (Å²) in [4.78, 5) is 20.0. The molecular weight excluding hydrogens is 321 g/mol. The van der Waals surface area contributed by atoms with Crippen molar-refractivity contribution in [3.05, 3.63) is 35.7 Å². The van der Waals surface area contributed by atoms with Crippen molar-refractivity contribution in [2.24, 2.45) is 4.99 Å². The SMILES string of the molecule is CN(C)C=Nc1ccc(NC(=O)/C(F)=C\C2CCCN2C)cc1C#N. The highest BCUT2D eigenvalue weighted by Gasteiger charge is 2.21. The van der Waals surface area contributed by atoms with Crippen LogP contribution in [0.5, 0.6) is 0 Å². The fourth-order valence-corrected chi connectivity index (χ4v) is 2.58. The molecule has 2 rings (SSSR count). The summed E-state index contributed by atoms with van der Waals surface area (Å²) in [5, 5.41) is 11.7. The molecule has 0 radical (unpaired) electrons. The third-order valence-corrected chi connectivity index (χ3v) is 3.94. The second kappa shape index (κ2) is 8.40. The zero-order valence-corrected chi connectivity index (χ0v) is 14.7. The van der Waals surface area contributed by atoms with Gasteiger partial charge in [0.05, 0.1) is 17.6 Å². The summed E-state index contributed by atoms with van der Waals surface area (Å²) < 4.78 is 14.1. The van der Waals surface area contributed by atoms with E-state index in [0.29, 0.717) is 16.9 Å². The maximum absolute atomic E-state index is 14.1. The molecule has 25 heavy (non-hydrogen) atoms. The zero-order valence-electron chi connectivity index (χ0n) is 14.7. The largest absolute Gasteiger partial charge is 0.369 e. The van der Waals surface area contributed by atoms with Crippen LogP contribution in [0.3, 0.4) is 0 Å². The molecule has 0 aromatic heterocycles. The van der Waals surface area contributed by atoms with Gasteiger partial charge in [0.1, 0.15) is 6.07 Å². The number of rotatable bonds is 5. The third-order valence-electron chi connectivity index (χ3n) is 3.94. The molecule has 0 bridgehead atoms. The normalized spacial score (nSPS) is 18.4. The molecule has 7 heteroatoms. The van der Waals surface area contributed by atoms with Crippen LogP contribution < -0.4 is 5.32 Å². The molecule has 1 heterocycles. The molecule has 1 N–H and O–H groups in total. The third kappa shape index (κ3) is 5.13. The van der Waals surface area contributed by atoms with E-state index in [1.165, 1.54) is 12.1 Å². The van der Waals surface area contributed by atoms with Crippen molar-refractivity contribution in [2.45, 2.75) is 18.9 Å². The molecule has 0 spiro atoms. The van der Waals surface area contributed by atoms with Crippen molar-refractivity contribution in [1.29, 1.82) is 5.26 Å². The molecule has 1 aliphatic heterocycles. The Morgan fingerprint density at radius 3 is 2.88 bits per heavy atom. The van der Waals surface area contributed by atoms with E-state index < -0.39 is 11.7 Å². The molecule has 0 aliphatic carbocycles. The van der Waals surface area contributed by atoms with Gasteiger partial charge >= 0.3 is 0 Å². The van der Waals surface area contributed by atoms with Crippen molar-refractivity contribution in [3.8, 4) is 6.07 Å². The van der Waals surface area contributed by atoms with Crippen LogP contribution in [0.15, 0.2) is 35.1 Å². The maximum atomic E-state index is 14.1. The van der Waals surface area contributed by atoms with E-state index >= 15 is 0 Å². The van der Waals surface area contributed by atoms with Gasteiger partial charge in [0.25, 0.3) is 5.91 Å². The molecule has 0 saturated carbocycles. The summed E-state index contributed by atoms with van der Waals surface area (Å²) in [6.45, 7) is 0.899. The first-order chi connectivity index (χ1) is 11.9. The summed E-state index contributed by atoms with van der Waals surface area (Å²) in [6.07, 6.45) is 4.76. The second-order valence-electron chi connectivity index (χ2n) is 6.21. The average Bonchev–Trinajstić information content (AvgIpc) is 2.98. The minimum Gasteiger partial charge on any atom is -0.369 e. The number of nitriles is 1. The number of nitrogens with zero attached hydrogens (tertiary/aromatic N) is 4. The van der Waals surface area contributed by atoms with Crippen LogP contribution >= 0.6 is 0 Å². The number of carbonyl (C=O) groups is 1. The molecule has 1 aliphatic rings. The molecule has 6 nitrogen and oxygen atoms in total. The van der Waals surface area contributed by atoms with Gasteiger partial charge < -0.3 is 10.2 Å². The molecule has 1 unspecified atom stereocenters. The van der Waals surface area contributed by atoms with Crippen LogP contribution in [0.1, 0.15) is 18.4 Å². The van der Waals surface area contributed by atoms with Crippen molar-refractivity contribution in [3.63, 3.8) is 0 Å². The number of aliphatic imine (C=N–C) groups is 1. The van der Waals surface area contributed by atoms with E-state index in [1.54, 1.807) is 23.4 Å². The van der Waals surface area contributed by atoms with Crippen LogP contribution in [0.2, 0.25) is 0 Å². The summed E-state index contributed by atoms with van der Waals surface area (Å²) >= 11 is 0. The molecule has 1 fully saturated rings. The number of hydrogen-bond donors (Lipinski definition) is 1. The lowest BCUT2D eigenvalue weighted by molar-refractivity contribution is -0.114. The molecule has 1 amide bonds. The van der Waals surface area contributed by atoms with Crippen LogP contribution in [0.25, 0.3) is 0 Å². The van der Waals surface area contributed by atoms with Gasteiger partial charge in [-0.15, -0.1) is 0 Å². The number of amides is 1. The second-order valence-corrected chi connectivity index (χ2v) is 6.21. The number of halogens is 1. The molecule has 1 atom stereocenters. The standard InChI is InChI=1S/C18H22FN5O/c1-23(2)12-21-17-7-6-14(9-13(17)11-20)22-18(25)16(19)10-15-5-4-8-24(15)3/h6-7,9-10,12,15H,4-5,8H2,1-3H3,(H,22,25)/b16-10+,21-12?. The Morgan fingerprint density at radius 1 is 1.52 bits per heavy atom. The lowest BCUT2D eigenvalue weighted by Crippen LogP contribution is -2.24. The molecule has 1 saturated heterocycles. The first-order valence-electron chi connectivity index (χ1n) is 8.04. The Labute approximate surface area is 147 Å². The van der Waals surface area contributed by atoms with Gasteiger partial charge in [0.2, 0.25) is 0 Å². The Hall–Kier alpha value is -2.72. The van der Waals surface area contributed by atoms with E-state index in [2.05, 4.69) is 10.3 Å². The first-order valence-corrected chi connectivity index (χ1v) is 8.04. The minimum absolute atomic E-state index is 0.0526. The van der Waals surface area contributed by atoms with Gasteiger partial charge in [-0.2, -0.15) is 5.26 Å². The highest BCUT2D eigenvalue weighted by molar-refractivity contribution is 6.02. The quantitative estimate of drug-likeness (QED) is 0.507. The first kappa shape index (κ1) is 18.6. The van der Waals surface area contributed by atoms with Crippen molar-refractivity contribution >= 4 is 23.6 Å². The lowest BCUT2D eigenvalue weighted by atomic mass is 10.1. The highest BCUT2D eigenvalue weighted by Crippen LogP contribution is 2.23. The van der Waals surface area contributed by atoms with E-state index in [1.807, 2.05) is 32.1 Å². The Morgan fingerprint density at radius 2 is 2.28 bits per heavy atom. The smallest absolute Gasteiger partial charge is 0.284 e. The van der Waals surface area contributed by atoms with Crippen LogP contribution in [-0.2, 0) is 4.79 Å². The van der Waals surface area contributed by atoms with Crippen LogP contribution in [0.4, 0.5) is 15.8 Å². The molecular formula is C18H22FN5O. The number of anilines is 1. The number of carbonyl (C=O) groups excluding carboxylic acids is 1. The predicted molar refractivity (Wildman–Crippen MR) is 96.5 cm³/mol. The number of nitrogens with one attached hydrogen (secondary N) is 1. The maximum Gasteiger partial charge on any atom is 0.284 e. The van der Waals surface area contributed by atoms with E-state index in [9.17, 15) is 14.4 Å². The van der Waals surface area contributed by atoms with Gasteiger partial charge in [0, 0.05) is 25.8 Å². The van der Waals surface area contributed by atoms with Crippen molar-refractivity contribution in [2.75, 3.05) is 33.0 Å². The van der Waals surface area contributed by atoms with Gasteiger partial charge in [-0.1, -0.05) is 0 Å². The number of likely N-dealkylation sites (tertiary alicyclic amines) is 1. The van der Waals surface area contributed by atoms with Crippen LogP contribution in [0, 0.1) is 11.3 Å². The fourth-order valence-electron chi connectivity index (χ4n) is 2.58. The summed E-state index contributed by atoms with van der Waals surface area (Å²) in [7, 11) is 5.55. The Balaban J connectivity index is 2.10. The molecule has 1 aromatic rings. The van der Waals surface area contributed by atoms with E-state index in [-0.39, 0.29) is 6.04 Å². The predicted octanol–water partition coefficient (Wildman–Crippen LogP) is 2.67. The highest BCUT2D eigenvalue weighted by atomic mass is 19.1. The number of benzene rings is 1. The van der Waals surface area contributed by atoms with E-state index in [4.69, 9.17) is 0 Å². The molecule has 132 valence electrons. The van der Waals surface area contributed by atoms with Crippen molar-refractivity contribution in [1.82, 2.24) is 9.80 Å². The number of likely N-dealkylation sites (N-methyl/N-ethyl adjacent to an activating group) is 1. The summed E-state index contributed by atoms with van der Waals surface area (Å²) in [5.41, 5.74) is 1.14. The number of hydrogen-bond acceptors (Lipinski definition) is 4. The summed E-state index contributed by atoms with van der Waals surface area (Å²) in [5.74, 6) is -1.62. The topological polar surface area (TPSA) is 71.7 Å². The average molecular weight is 343 g/mol. The van der Waals surface area contributed by atoms with Gasteiger partial charge in [-0.05, 0) is 50.7 Å². The van der Waals surface area contributed by atoms with Gasteiger partial charge in [-0.3, -0.25) is 9.69 Å².